The van der Waals surface area contributed by atoms with E-state index in [1.807, 2.05) is 25.1 Å². The van der Waals surface area contributed by atoms with Crippen molar-refractivity contribution >= 4 is 0 Å². The minimum Gasteiger partial charge on any atom is -0.490 e. The van der Waals surface area contributed by atoms with Gasteiger partial charge < -0.3 is 4.74 Å². The highest BCUT2D eigenvalue weighted by molar-refractivity contribution is 5.36. The van der Waals surface area contributed by atoms with Crippen LogP contribution in [0.3, 0.4) is 0 Å². The second-order valence-corrected chi connectivity index (χ2v) is 5.51. The Kier molecular flexibility index (Phi) is 6.54. The summed E-state index contributed by atoms with van der Waals surface area (Å²) in [6.07, 6.45) is 2.07. The van der Waals surface area contributed by atoms with Gasteiger partial charge in [-0.1, -0.05) is 39.0 Å². The third kappa shape index (κ3) is 4.54. The fraction of sp³-hybridized carbons (Fsp3) is 0.588. The lowest BCUT2D eigenvalue weighted by Gasteiger charge is -2.24. The molecule has 0 aliphatic carbocycles. The Morgan fingerprint density at radius 1 is 1.35 bits per heavy atom. The summed E-state index contributed by atoms with van der Waals surface area (Å²) >= 11 is 0. The van der Waals surface area contributed by atoms with Crippen molar-refractivity contribution in [3.63, 3.8) is 0 Å². The highest BCUT2D eigenvalue weighted by Crippen LogP contribution is 2.28. The number of nitrogens with zero attached hydrogens (tertiary/aromatic N) is 1. The van der Waals surface area contributed by atoms with Gasteiger partial charge in [0.15, 0.2) is 0 Å². The van der Waals surface area contributed by atoms with Gasteiger partial charge in [0.1, 0.15) is 17.9 Å². The molecule has 0 fully saturated rings. The maximum absolute atomic E-state index is 9.32. The van der Waals surface area contributed by atoms with Crippen LogP contribution >= 0.6 is 0 Å². The Balaban J connectivity index is 2.76. The molecule has 1 aromatic carbocycles. The van der Waals surface area contributed by atoms with Crippen molar-refractivity contribution in [1.82, 2.24) is 5.32 Å². The molecule has 2 unspecified atom stereocenters. The first-order valence-corrected chi connectivity index (χ1v) is 7.44. The van der Waals surface area contributed by atoms with Gasteiger partial charge in [0.2, 0.25) is 0 Å². The maximum Gasteiger partial charge on any atom is 0.138 e. The second-order valence-electron chi connectivity index (χ2n) is 5.51. The topological polar surface area (TPSA) is 45.0 Å². The molecule has 2 atom stereocenters. The van der Waals surface area contributed by atoms with E-state index in [0.29, 0.717) is 12.5 Å². The molecule has 0 aliphatic heterocycles. The quantitative estimate of drug-likeness (QED) is 0.783. The Labute approximate surface area is 123 Å². The van der Waals surface area contributed by atoms with E-state index in [1.54, 1.807) is 0 Å². The van der Waals surface area contributed by atoms with Gasteiger partial charge in [-0.3, -0.25) is 5.32 Å². The number of ether oxygens (including phenoxy) is 1. The first-order chi connectivity index (χ1) is 9.56. The molecule has 0 radical (unpaired) electrons. The molecule has 110 valence electrons. The van der Waals surface area contributed by atoms with Gasteiger partial charge in [-0.15, -0.1) is 0 Å². The summed E-state index contributed by atoms with van der Waals surface area (Å²) < 4.78 is 5.93. The van der Waals surface area contributed by atoms with E-state index >= 15 is 0 Å². The summed E-state index contributed by atoms with van der Waals surface area (Å²) in [6, 6.07) is 10.4. The third-order valence-electron chi connectivity index (χ3n) is 3.59. The van der Waals surface area contributed by atoms with Crippen LogP contribution in [0, 0.1) is 11.3 Å². The lowest BCUT2D eigenvalue weighted by atomic mass is 9.97. The molecule has 0 aliphatic rings. The molecule has 1 aromatic rings. The SMILES string of the molecule is CCCNC(C)(C#N)COc1ccccc1C(C)CC. The average molecular weight is 274 g/mol. The Morgan fingerprint density at radius 3 is 2.65 bits per heavy atom. The third-order valence-corrected chi connectivity index (χ3v) is 3.59. The minimum absolute atomic E-state index is 0.358. The Bertz CT molecular complexity index is 453. The van der Waals surface area contributed by atoms with Crippen molar-refractivity contribution < 1.29 is 4.74 Å². The van der Waals surface area contributed by atoms with Crippen LogP contribution in [0.2, 0.25) is 0 Å². The van der Waals surface area contributed by atoms with Gasteiger partial charge >= 0.3 is 0 Å². The lowest BCUT2D eigenvalue weighted by Crippen LogP contribution is -2.46. The molecular weight excluding hydrogens is 248 g/mol. The van der Waals surface area contributed by atoms with E-state index < -0.39 is 5.54 Å². The van der Waals surface area contributed by atoms with Crippen LogP contribution in [0.15, 0.2) is 24.3 Å². The standard InChI is InChI=1S/C17H26N2O/c1-5-11-19-17(4,12-18)13-20-16-10-8-7-9-15(16)14(3)6-2/h7-10,14,19H,5-6,11,13H2,1-4H3. The molecule has 0 spiro atoms. The van der Waals surface area contributed by atoms with Gasteiger partial charge in [0.05, 0.1) is 6.07 Å². The van der Waals surface area contributed by atoms with Crippen LogP contribution in [0.25, 0.3) is 0 Å². The summed E-state index contributed by atoms with van der Waals surface area (Å²) in [7, 11) is 0. The predicted octanol–water partition coefficient (Wildman–Crippen LogP) is 3.86. The molecule has 20 heavy (non-hydrogen) atoms. The lowest BCUT2D eigenvalue weighted by molar-refractivity contribution is 0.231. The van der Waals surface area contributed by atoms with Gasteiger partial charge in [-0.05, 0) is 43.9 Å². The number of nitrogens with one attached hydrogen (secondary N) is 1. The van der Waals surface area contributed by atoms with Crippen LogP contribution in [0.1, 0.15) is 52.0 Å². The monoisotopic (exact) mass is 274 g/mol. The highest BCUT2D eigenvalue weighted by Gasteiger charge is 2.24. The van der Waals surface area contributed by atoms with Crippen LogP contribution in [-0.2, 0) is 0 Å². The first-order valence-electron chi connectivity index (χ1n) is 7.44. The van der Waals surface area contributed by atoms with E-state index in [0.717, 1.165) is 25.1 Å². The first kappa shape index (κ1) is 16.5. The van der Waals surface area contributed by atoms with Crippen LogP contribution in [0.5, 0.6) is 5.75 Å². The van der Waals surface area contributed by atoms with Crippen LogP contribution in [-0.4, -0.2) is 18.7 Å². The van der Waals surface area contributed by atoms with Crippen molar-refractivity contribution in [2.75, 3.05) is 13.2 Å². The van der Waals surface area contributed by atoms with Crippen LogP contribution < -0.4 is 10.1 Å². The number of benzene rings is 1. The molecule has 3 heteroatoms. The largest absolute Gasteiger partial charge is 0.490 e. The average Bonchev–Trinajstić information content (AvgIpc) is 2.50. The van der Waals surface area contributed by atoms with Gasteiger partial charge in [-0.25, -0.2) is 0 Å². The summed E-state index contributed by atoms with van der Waals surface area (Å²) in [5, 5.41) is 12.6. The molecule has 0 aromatic heterocycles. The zero-order valence-corrected chi connectivity index (χ0v) is 13.1. The summed E-state index contributed by atoms with van der Waals surface area (Å²) in [6.45, 7) is 9.51. The zero-order valence-electron chi connectivity index (χ0n) is 13.1. The number of hydrogen-bond acceptors (Lipinski definition) is 3. The van der Waals surface area contributed by atoms with Crippen molar-refractivity contribution in [2.45, 2.75) is 52.0 Å². The van der Waals surface area contributed by atoms with Crippen LogP contribution in [0.4, 0.5) is 0 Å². The van der Waals surface area contributed by atoms with E-state index in [1.165, 1.54) is 5.56 Å². The van der Waals surface area contributed by atoms with Gasteiger partial charge in [0.25, 0.3) is 0 Å². The zero-order chi connectivity index (χ0) is 15.0. The molecule has 0 amide bonds. The molecule has 1 N–H and O–H groups in total. The summed E-state index contributed by atoms with van der Waals surface area (Å²) in [4.78, 5) is 0. The number of rotatable bonds is 8. The Hall–Kier alpha value is -1.53. The van der Waals surface area contributed by atoms with Crippen molar-refractivity contribution in [2.24, 2.45) is 0 Å². The van der Waals surface area contributed by atoms with Gasteiger partial charge in [0, 0.05) is 0 Å². The molecule has 1 rings (SSSR count). The van der Waals surface area contributed by atoms with Crippen molar-refractivity contribution in [3.05, 3.63) is 29.8 Å². The molecule has 0 bridgehead atoms. The summed E-state index contributed by atoms with van der Waals surface area (Å²) in [5.74, 6) is 1.35. The normalized spacial score (nSPS) is 15.2. The molecule has 0 saturated carbocycles. The van der Waals surface area contributed by atoms with Crippen molar-refractivity contribution in [1.29, 1.82) is 5.26 Å². The van der Waals surface area contributed by atoms with E-state index in [9.17, 15) is 5.26 Å². The minimum atomic E-state index is -0.640. The van der Waals surface area contributed by atoms with Crippen molar-refractivity contribution in [3.8, 4) is 11.8 Å². The Morgan fingerprint density at radius 2 is 2.05 bits per heavy atom. The number of hydrogen-bond donors (Lipinski definition) is 1. The molecule has 0 heterocycles. The van der Waals surface area contributed by atoms with E-state index in [4.69, 9.17) is 4.74 Å². The molecular formula is C17H26N2O. The smallest absolute Gasteiger partial charge is 0.138 e. The molecule has 3 nitrogen and oxygen atoms in total. The van der Waals surface area contributed by atoms with Gasteiger partial charge in [-0.2, -0.15) is 5.26 Å². The number of para-hydroxylation sites is 1. The fourth-order valence-corrected chi connectivity index (χ4v) is 1.98. The second kappa shape index (κ2) is 7.91. The maximum atomic E-state index is 9.32. The van der Waals surface area contributed by atoms with E-state index in [2.05, 4.69) is 38.2 Å². The highest BCUT2D eigenvalue weighted by atomic mass is 16.5. The predicted molar refractivity (Wildman–Crippen MR) is 83.0 cm³/mol. The number of nitriles is 1. The fourth-order valence-electron chi connectivity index (χ4n) is 1.98. The van der Waals surface area contributed by atoms with E-state index in [-0.39, 0.29) is 0 Å². The molecule has 0 saturated heterocycles. The summed E-state index contributed by atoms with van der Waals surface area (Å²) in [5.41, 5.74) is 0.573.